The molecule has 2 N–H and O–H groups in total. The van der Waals surface area contributed by atoms with Crippen molar-refractivity contribution in [1.29, 1.82) is 0 Å². The van der Waals surface area contributed by atoms with Crippen LogP contribution in [0.1, 0.15) is 52.4 Å². The normalized spacial score (nSPS) is 27.6. The Labute approximate surface area is 95.2 Å². The zero-order valence-electron chi connectivity index (χ0n) is 10.7. The third-order valence-electron chi connectivity index (χ3n) is 4.21. The molecule has 1 fully saturated rings. The Kier molecular flexibility index (Phi) is 5.62. The molecule has 15 heavy (non-hydrogen) atoms. The molecule has 1 aliphatic rings. The van der Waals surface area contributed by atoms with Crippen LogP contribution in [0.4, 0.5) is 0 Å². The van der Waals surface area contributed by atoms with E-state index in [1.807, 2.05) is 0 Å². The van der Waals surface area contributed by atoms with E-state index in [0.29, 0.717) is 0 Å². The second-order valence-corrected chi connectivity index (χ2v) is 4.98. The molecule has 0 heterocycles. The summed E-state index contributed by atoms with van der Waals surface area (Å²) in [4.78, 5) is 2.61. The molecule has 0 aromatic heterocycles. The van der Waals surface area contributed by atoms with Crippen LogP contribution in [0.3, 0.4) is 0 Å². The summed E-state index contributed by atoms with van der Waals surface area (Å²) in [6.07, 6.45) is 8.00. The van der Waals surface area contributed by atoms with Crippen LogP contribution in [0.15, 0.2) is 0 Å². The first kappa shape index (κ1) is 13.0. The summed E-state index contributed by atoms with van der Waals surface area (Å²) in [5.74, 6) is 0.740. The fourth-order valence-electron chi connectivity index (χ4n) is 3.13. The van der Waals surface area contributed by atoms with Gasteiger partial charge in [0.25, 0.3) is 0 Å². The number of hydrogen-bond acceptors (Lipinski definition) is 2. The van der Waals surface area contributed by atoms with E-state index in [-0.39, 0.29) is 0 Å². The molecule has 2 nitrogen and oxygen atoms in total. The van der Waals surface area contributed by atoms with Crippen LogP contribution >= 0.6 is 0 Å². The van der Waals surface area contributed by atoms with Crippen molar-refractivity contribution in [3.05, 3.63) is 0 Å². The highest BCUT2D eigenvalue weighted by Crippen LogP contribution is 2.29. The largest absolute Gasteiger partial charge is 0.330 e. The molecule has 0 saturated heterocycles. The van der Waals surface area contributed by atoms with Gasteiger partial charge >= 0.3 is 0 Å². The molecule has 1 aliphatic carbocycles. The minimum Gasteiger partial charge on any atom is -0.330 e. The SMILES string of the molecule is CCC(CC)N(C)C1CCCCC1CN. The summed E-state index contributed by atoms with van der Waals surface area (Å²) in [6.45, 7) is 5.46. The second kappa shape index (κ2) is 6.49. The van der Waals surface area contributed by atoms with Gasteiger partial charge in [0.2, 0.25) is 0 Å². The van der Waals surface area contributed by atoms with E-state index in [1.54, 1.807) is 0 Å². The summed E-state index contributed by atoms with van der Waals surface area (Å²) < 4.78 is 0. The zero-order chi connectivity index (χ0) is 11.3. The lowest BCUT2D eigenvalue weighted by Crippen LogP contribution is -2.47. The van der Waals surface area contributed by atoms with Crippen LogP contribution in [0.5, 0.6) is 0 Å². The smallest absolute Gasteiger partial charge is 0.0135 e. The van der Waals surface area contributed by atoms with Gasteiger partial charge < -0.3 is 10.6 Å². The fraction of sp³-hybridized carbons (Fsp3) is 1.00. The molecular weight excluding hydrogens is 184 g/mol. The molecule has 90 valence electrons. The van der Waals surface area contributed by atoms with Crippen molar-refractivity contribution in [3.8, 4) is 0 Å². The molecule has 1 rings (SSSR count). The van der Waals surface area contributed by atoms with Crippen LogP contribution in [-0.2, 0) is 0 Å². The summed E-state index contributed by atoms with van der Waals surface area (Å²) in [6, 6.07) is 1.50. The van der Waals surface area contributed by atoms with E-state index in [4.69, 9.17) is 5.73 Å². The molecule has 2 atom stereocenters. The van der Waals surface area contributed by atoms with E-state index >= 15 is 0 Å². The Morgan fingerprint density at radius 2 is 1.80 bits per heavy atom. The van der Waals surface area contributed by atoms with E-state index < -0.39 is 0 Å². The maximum absolute atomic E-state index is 5.89. The minimum absolute atomic E-state index is 0.740. The summed E-state index contributed by atoms with van der Waals surface area (Å²) in [5.41, 5.74) is 5.89. The van der Waals surface area contributed by atoms with Gasteiger partial charge in [-0.15, -0.1) is 0 Å². The first-order valence-electron chi connectivity index (χ1n) is 6.66. The molecule has 0 bridgehead atoms. The van der Waals surface area contributed by atoms with Gasteiger partial charge in [-0.2, -0.15) is 0 Å². The molecule has 0 radical (unpaired) electrons. The lowest BCUT2D eigenvalue weighted by atomic mass is 9.83. The predicted octanol–water partition coefficient (Wildman–Crippen LogP) is 2.62. The Bertz CT molecular complexity index is 166. The third-order valence-corrected chi connectivity index (χ3v) is 4.21. The monoisotopic (exact) mass is 212 g/mol. The van der Waals surface area contributed by atoms with Gasteiger partial charge in [-0.3, -0.25) is 0 Å². The highest BCUT2D eigenvalue weighted by Gasteiger charge is 2.29. The number of rotatable bonds is 5. The van der Waals surface area contributed by atoms with Crippen molar-refractivity contribution < 1.29 is 0 Å². The Hall–Kier alpha value is -0.0800. The highest BCUT2D eigenvalue weighted by molar-refractivity contribution is 4.85. The topological polar surface area (TPSA) is 29.3 Å². The minimum atomic E-state index is 0.740. The Balaban J connectivity index is 2.57. The van der Waals surface area contributed by atoms with Crippen LogP contribution in [0, 0.1) is 5.92 Å². The van der Waals surface area contributed by atoms with Gasteiger partial charge in [-0.1, -0.05) is 26.7 Å². The van der Waals surface area contributed by atoms with Crippen molar-refractivity contribution in [1.82, 2.24) is 4.90 Å². The van der Waals surface area contributed by atoms with E-state index in [9.17, 15) is 0 Å². The molecule has 0 aliphatic heterocycles. The van der Waals surface area contributed by atoms with Crippen molar-refractivity contribution in [2.75, 3.05) is 13.6 Å². The zero-order valence-corrected chi connectivity index (χ0v) is 10.7. The van der Waals surface area contributed by atoms with Crippen LogP contribution in [0.25, 0.3) is 0 Å². The molecule has 0 amide bonds. The highest BCUT2D eigenvalue weighted by atomic mass is 15.2. The van der Waals surface area contributed by atoms with Gasteiger partial charge in [0.15, 0.2) is 0 Å². The van der Waals surface area contributed by atoms with Gasteiger partial charge in [0, 0.05) is 12.1 Å². The van der Waals surface area contributed by atoms with Gasteiger partial charge in [-0.05, 0) is 45.2 Å². The molecule has 0 spiro atoms. The van der Waals surface area contributed by atoms with Gasteiger partial charge in [-0.25, -0.2) is 0 Å². The second-order valence-electron chi connectivity index (χ2n) is 4.98. The fourth-order valence-corrected chi connectivity index (χ4v) is 3.13. The maximum Gasteiger partial charge on any atom is 0.0135 e. The predicted molar refractivity (Wildman–Crippen MR) is 66.9 cm³/mol. The van der Waals surface area contributed by atoms with E-state index in [1.165, 1.54) is 38.5 Å². The van der Waals surface area contributed by atoms with Crippen LogP contribution in [0.2, 0.25) is 0 Å². The first-order chi connectivity index (χ1) is 7.24. The number of nitrogens with zero attached hydrogens (tertiary/aromatic N) is 1. The molecule has 2 unspecified atom stereocenters. The van der Waals surface area contributed by atoms with Crippen molar-refractivity contribution in [3.63, 3.8) is 0 Å². The van der Waals surface area contributed by atoms with E-state index in [2.05, 4.69) is 25.8 Å². The Morgan fingerprint density at radius 1 is 1.20 bits per heavy atom. The third kappa shape index (κ3) is 3.18. The number of hydrogen-bond donors (Lipinski definition) is 1. The standard InChI is InChI=1S/C13H28N2/c1-4-12(5-2)15(3)13-9-7-6-8-11(13)10-14/h11-13H,4-10,14H2,1-3H3. The van der Waals surface area contributed by atoms with Crippen molar-refractivity contribution >= 4 is 0 Å². The van der Waals surface area contributed by atoms with Crippen LogP contribution < -0.4 is 5.73 Å². The summed E-state index contributed by atoms with van der Waals surface area (Å²) in [5, 5.41) is 0. The quantitative estimate of drug-likeness (QED) is 0.759. The molecule has 0 aromatic carbocycles. The summed E-state index contributed by atoms with van der Waals surface area (Å²) in [7, 11) is 2.30. The molecule has 1 saturated carbocycles. The average molecular weight is 212 g/mol. The van der Waals surface area contributed by atoms with Crippen LogP contribution in [-0.4, -0.2) is 30.6 Å². The summed E-state index contributed by atoms with van der Waals surface area (Å²) >= 11 is 0. The maximum atomic E-state index is 5.89. The number of nitrogens with two attached hydrogens (primary N) is 1. The lowest BCUT2D eigenvalue weighted by Gasteiger charge is -2.41. The molecular formula is C13H28N2. The van der Waals surface area contributed by atoms with Crippen molar-refractivity contribution in [2.45, 2.75) is 64.5 Å². The lowest BCUT2D eigenvalue weighted by molar-refractivity contribution is 0.0878. The Morgan fingerprint density at radius 3 is 2.33 bits per heavy atom. The molecule has 2 heteroatoms. The van der Waals surface area contributed by atoms with Crippen molar-refractivity contribution in [2.24, 2.45) is 11.7 Å². The van der Waals surface area contributed by atoms with Gasteiger partial charge in [0.1, 0.15) is 0 Å². The molecule has 0 aromatic rings. The average Bonchev–Trinajstić information content (AvgIpc) is 2.30. The first-order valence-corrected chi connectivity index (χ1v) is 6.66. The van der Waals surface area contributed by atoms with Gasteiger partial charge in [0.05, 0.1) is 0 Å². The van der Waals surface area contributed by atoms with E-state index in [0.717, 1.165) is 24.5 Å².